The van der Waals surface area contributed by atoms with Crippen molar-refractivity contribution < 1.29 is 9.18 Å². The third-order valence-electron chi connectivity index (χ3n) is 3.57. The number of amides is 1. The van der Waals surface area contributed by atoms with Gasteiger partial charge in [-0.05, 0) is 30.5 Å². The summed E-state index contributed by atoms with van der Waals surface area (Å²) in [6.07, 6.45) is 5.59. The Morgan fingerprint density at radius 1 is 1.37 bits per heavy atom. The molecule has 104 valence electrons. The molecule has 19 heavy (non-hydrogen) atoms. The molecule has 1 amide bonds. The molecule has 0 aliphatic heterocycles. The first-order valence-corrected chi connectivity index (χ1v) is 6.96. The van der Waals surface area contributed by atoms with E-state index < -0.39 is 17.8 Å². The summed E-state index contributed by atoms with van der Waals surface area (Å²) in [7, 11) is 0. The van der Waals surface area contributed by atoms with E-state index in [1.54, 1.807) is 6.07 Å². The van der Waals surface area contributed by atoms with Crippen molar-refractivity contribution >= 4 is 17.5 Å². The first-order chi connectivity index (χ1) is 9.08. The molecule has 0 aromatic heterocycles. The molecule has 0 radical (unpaired) electrons. The third kappa shape index (κ3) is 3.67. The van der Waals surface area contributed by atoms with Crippen LogP contribution in [0, 0.1) is 5.82 Å². The number of nitrogens with one attached hydrogen (secondary N) is 1. The lowest BCUT2D eigenvalue weighted by molar-refractivity contribution is -0.120. The Labute approximate surface area is 117 Å². The van der Waals surface area contributed by atoms with E-state index in [9.17, 15) is 9.18 Å². The van der Waals surface area contributed by atoms with Gasteiger partial charge in [-0.1, -0.05) is 36.9 Å². The zero-order valence-electron chi connectivity index (χ0n) is 10.7. The summed E-state index contributed by atoms with van der Waals surface area (Å²) in [4.78, 5) is 11.6. The molecule has 1 aliphatic carbocycles. The molecule has 0 heterocycles. The van der Waals surface area contributed by atoms with E-state index in [1.807, 2.05) is 0 Å². The Balaban J connectivity index is 2.14. The van der Waals surface area contributed by atoms with Crippen LogP contribution < -0.4 is 11.1 Å². The number of halogens is 2. The van der Waals surface area contributed by atoms with Gasteiger partial charge in [-0.2, -0.15) is 0 Å². The number of hydrogen-bond acceptors (Lipinski definition) is 2. The quantitative estimate of drug-likeness (QED) is 0.893. The number of carbonyl (C=O) groups is 1. The summed E-state index contributed by atoms with van der Waals surface area (Å²) in [5.74, 6) is -1.02. The van der Waals surface area contributed by atoms with Crippen LogP contribution in [0.5, 0.6) is 0 Å². The van der Waals surface area contributed by atoms with Crippen molar-refractivity contribution in [2.24, 2.45) is 5.73 Å². The zero-order chi connectivity index (χ0) is 13.8. The molecule has 3 nitrogen and oxygen atoms in total. The highest BCUT2D eigenvalue weighted by Crippen LogP contribution is 2.24. The Hall–Kier alpha value is -1.13. The standard InChI is InChI=1S/C14H18ClFN2O/c15-11-7-6-9(8-12(11)16)13(14(17)19)18-10-4-2-1-3-5-10/h6-8,10,13,18H,1-5H2,(H2,17,19). The van der Waals surface area contributed by atoms with Crippen molar-refractivity contribution in [2.75, 3.05) is 0 Å². The van der Waals surface area contributed by atoms with Gasteiger partial charge in [0.15, 0.2) is 0 Å². The largest absolute Gasteiger partial charge is 0.368 e. The fraction of sp³-hybridized carbons (Fsp3) is 0.500. The van der Waals surface area contributed by atoms with Crippen LogP contribution in [-0.4, -0.2) is 11.9 Å². The van der Waals surface area contributed by atoms with Crippen LogP contribution in [-0.2, 0) is 4.79 Å². The molecular formula is C14H18ClFN2O. The molecule has 1 atom stereocenters. The molecule has 3 N–H and O–H groups in total. The van der Waals surface area contributed by atoms with Gasteiger partial charge in [0.25, 0.3) is 0 Å². The summed E-state index contributed by atoms with van der Waals surface area (Å²) in [5.41, 5.74) is 5.94. The number of hydrogen-bond donors (Lipinski definition) is 2. The van der Waals surface area contributed by atoms with Crippen LogP contribution >= 0.6 is 11.6 Å². The Kier molecular flexibility index (Phi) is 4.77. The van der Waals surface area contributed by atoms with Gasteiger partial charge in [0, 0.05) is 6.04 Å². The minimum Gasteiger partial charge on any atom is -0.368 e. The van der Waals surface area contributed by atoms with E-state index >= 15 is 0 Å². The topological polar surface area (TPSA) is 55.1 Å². The van der Waals surface area contributed by atoms with E-state index in [1.165, 1.54) is 18.6 Å². The predicted octanol–water partition coefficient (Wildman–Crippen LogP) is 2.93. The number of rotatable bonds is 4. The first-order valence-electron chi connectivity index (χ1n) is 6.58. The maximum atomic E-state index is 13.5. The third-order valence-corrected chi connectivity index (χ3v) is 3.88. The average Bonchev–Trinajstić information content (AvgIpc) is 2.40. The minimum atomic E-state index is -0.658. The molecule has 0 saturated heterocycles. The SMILES string of the molecule is NC(=O)C(NC1CCCCC1)c1ccc(Cl)c(F)c1. The second-order valence-corrected chi connectivity index (χ2v) is 5.42. The van der Waals surface area contributed by atoms with Gasteiger partial charge in [-0.25, -0.2) is 4.39 Å². The van der Waals surface area contributed by atoms with E-state index in [0.29, 0.717) is 5.56 Å². The lowest BCUT2D eigenvalue weighted by atomic mass is 9.94. The average molecular weight is 285 g/mol. The van der Waals surface area contributed by atoms with Crippen LogP contribution in [0.4, 0.5) is 4.39 Å². The van der Waals surface area contributed by atoms with Crippen molar-refractivity contribution in [3.8, 4) is 0 Å². The van der Waals surface area contributed by atoms with Crippen LogP contribution in [0.2, 0.25) is 5.02 Å². The number of carbonyl (C=O) groups excluding carboxylic acids is 1. The monoisotopic (exact) mass is 284 g/mol. The minimum absolute atomic E-state index is 0.0460. The van der Waals surface area contributed by atoms with Gasteiger partial charge in [-0.15, -0.1) is 0 Å². The highest BCUT2D eigenvalue weighted by molar-refractivity contribution is 6.30. The normalized spacial score (nSPS) is 18.2. The smallest absolute Gasteiger partial charge is 0.239 e. The van der Waals surface area contributed by atoms with Crippen LogP contribution in [0.25, 0.3) is 0 Å². The summed E-state index contributed by atoms with van der Waals surface area (Å²) in [6, 6.07) is 3.97. The summed E-state index contributed by atoms with van der Waals surface area (Å²) in [5, 5.41) is 3.28. The second-order valence-electron chi connectivity index (χ2n) is 5.01. The fourth-order valence-corrected chi connectivity index (χ4v) is 2.66. The maximum absolute atomic E-state index is 13.5. The molecule has 1 fully saturated rings. The summed E-state index contributed by atoms with van der Waals surface area (Å²) in [6.45, 7) is 0. The molecule has 1 aromatic carbocycles. The van der Waals surface area contributed by atoms with Crippen molar-refractivity contribution in [3.05, 3.63) is 34.6 Å². The Bertz CT molecular complexity index is 461. The lowest BCUT2D eigenvalue weighted by Crippen LogP contribution is -2.41. The van der Waals surface area contributed by atoms with Crippen LogP contribution in [0.15, 0.2) is 18.2 Å². The first kappa shape index (κ1) is 14.3. The highest BCUT2D eigenvalue weighted by atomic mass is 35.5. The van der Waals surface area contributed by atoms with Crippen molar-refractivity contribution in [3.63, 3.8) is 0 Å². The van der Waals surface area contributed by atoms with Crippen molar-refractivity contribution in [1.29, 1.82) is 0 Å². The molecule has 0 spiro atoms. The maximum Gasteiger partial charge on any atom is 0.239 e. The molecule has 0 bridgehead atoms. The molecule has 5 heteroatoms. The van der Waals surface area contributed by atoms with Gasteiger partial charge < -0.3 is 5.73 Å². The molecule has 2 rings (SSSR count). The lowest BCUT2D eigenvalue weighted by Gasteiger charge is -2.27. The molecule has 1 aliphatic rings. The van der Waals surface area contributed by atoms with Gasteiger partial charge >= 0.3 is 0 Å². The summed E-state index contributed by atoms with van der Waals surface area (Å²) >= 11 is 5.65. The van der Waals surface area contributed by atoms with E-state index in [4.69, 9.17) is 17.3 Å². The van der Waals surface area contributed by atoms with Crippen molar-refractivity contribution in [1.82, 2.24) is 5.32 Å². The van der Waals surface area contributed by atoms with Crippen LogP contribution in [0.1, 0.15) is 43.7 Å². The van der Waals surface area contributed by atoms with Gasteiger partial charge in [-0.3, -0.25) is 10.1 Å². The highest BCUT2D eigenvalue weighted by Gasteiger charge is 2.23. The molecule has 1 unspecified atom stereocenters. The second kappa shape index (κ2) is 6.35. The molecule has 1 aromatic rings. The van der Waals surface area contributed by atoms with E-state index in [-0.39, 0.29) is 11.1 Å². The fourth-order valence-electron chi connectivity index (χ4n) is 2.54. The number of benzene rings is 1. The number of nitrogens with two attached hydrogens (primary N) is 1. The van der Waals surface area contributed by atoms with Crippen LogP contribution in [0.3, 0.4) is 0 Å². The predicted molar refractivity (Wildman–Crippen MR) is 73.4 cm³/mol. The van der Waals surface area contributed by atoms with Crippen molar-refractivity contribution in [2.45, 2.75) is 44.2 Å². The molecular weight excluding hydrogens is 267 g/mol. The van der Waals surface area contributed by atoms with E-state index in [2.05, 4.69) is 5.32 Å². The molecule has 1 saturated carbocycles. The summed E-state index contributed by atoms with van der Waals surface area (Å²) < 4.78 is 13.5. The number of primary amides is 1. The van der Waals surface area contributed by atoms with Gasteiger partial charge in [0.05, 0.1) is 5.02 Å². The zero-order valence-corrected chi connectivity index (χ0v) is 11.4. The van der Waals surface area contributed by atoms with Gasteiger partial charge in [0.2, 0.25) is 5.91 Å². The Morgan fingerprint density at radius 2 is 2.05 bits per heavy atom. The Morgan fingerprint density at radius 3 is 2.63 bits per heavy atom. The van der Waals surface area contributed by atoms with E-state index in [0.717, 1.165) is 25.7 Å². The van der Waals surface area contributed by atoms with Gasteiger partial charge in [0.1, 0.15) is 11.9 Å².